The third kappa shape index (κ3) is 2.97. The molecule has 1 atom stereocenters. The minimum absolute atomic E-state index is 0.577. The van der Waals surface area contributed by atoms with Crippen molar-refractivity contribution >= 4 is 17.3 Å². The quantitative estimate of drug-likeness (QED) is 0.675. The Kier molecular flexibility index (Phi) is 3.64. The minimum atomic E-state index is 0.577. The zero-order valence-corrected chi connectivity index (χ0v) is 8.63. The number of nitrogens with zero attached hydrogens (tertiary/aromatic N) is 2. The van der Waals surface area contributed by atoms with Crippen LogP contribution >= 0.6 is 11.8 Å². The average molecular weight is 200 g/mol. The Hall–Kier alpha value is -0.0600. The lowest BCUT2D eigenvalue weighted by molar-refractivity contribution is 0.0369. The van der Waals surface area contributed by atoms with Gasteiger partial charge in [0.1, 0.15) is 0 Å². The molecule has 2 rings (SSSR count). The third-order valence-electron chi connectivity index (χ3n) is 2.52. The Labute approximate surface area is 83.5 Å². The number of aliphatic imine (C=N–C) groups is 1. The van der Waals surface area contributed by atoms with Gasteiger partial charge in [0.15, 0.2) is 0 Å². The van der Waals surface area contributed by atoms with E-state index in [9.17, 15) is 0 Å². The summed E-state index contributed by atoms with van der Waals surface area (Å²) in [5.41, 5.74) is 1.99. The second-order valence-corrected chi connectivity index (χ2v) is 4.36. The molecule has 0 radical (unpaired) electrons. The number of thioether (sulfide) groups is 1. The molecule has 1 saturated heterocycles. The Morgan fingerprint density at radius 3 is 3.00 bits per heavy atom. The van der Waals surface area contributed by atoms with Crippen LogP contribution in [0.3, 0.4) is 0 Å². The maximum Gasteiger partial charge on any atom is 0.0612 e. The largest absolute Gasteiger partial charge is 0.379 e. The number of rotatable bonds is 3. The van der Waals surface area contributed by atoms with Crippen LogP contribution in [0.4, 0.5) is 0 Å². The van der Waals surface area contributed by atoms with Crippen molar-refractivity contribution in [2.75, 3.05) is 38.6 Å². The van der Waals surface area contributed by atoms with E-state index in [4.69, 9.17) is 4.74 Å². The van der Waals surface area contributed by atoms with Gasteiger partial charge < -0.3 is 4.74 Å². The van der Waals surface area contributed by atoms with Gasteiger partial charge in [-0.3, -0.25) is 9.89 Å². The van der Waals surface area contributed by atoms with Crippen molar-refractivity contribution in [3.05, 3.63) is 0 Å². The van der Waals surface area contributed by atoms with Crippen molar-refractivity contribution in [1.29, 1.82) is 0 Å². The lowest BCUT2D eigenvalue weighted by Crippen LogP contribution is -2.37. The van der Waals surface area contributed by atoms with E-state index in [1.165, 1.54) is 18.7 Å². The van der Waals surface area contributed by atoms with Crippen LogP contribution in [0.15, 0.2) is 4.99 Å². The molecule has 0 aromatic heterocycles. The first-order valence-electron chi connectivity index (χ1n) is 4.88. The van der Waals surface area contributed by atoms with Crippen LogP contribution in [-0.4, -0.2) is 55.1 Å². The molecule has 3 nitrogen and oxygen atoms in total. The zero-order chi connectivity index (χ0) is 8.93. The summed E-state index contributed by atoms with van der Waals surface area (Å²) in [6.07, 6.45) is 1.21. The van der Waals surface area contributed by atoms with Crippen LogP contribution in [0.5, 0.6) is 0 Å². The molecular formula is C9H16N2OS. The fourth-order valence-electron chi connectivity index (χ4n) is 1.64. The molecule has 0 amide bonds. The molecular weight excluding hydrogens is 184 g/mol. The Balaban J connectivity index is 1.63. The molecule has 2 heterocycles. The number of hydrogen-bond donors (Lipinski definition) is 0. The van der Waals surface area contributed by atoms with Crippen LogP contribution in [0.2, 0.25) is 0 Å². The van der Waals surface area contributed by atoms with Crippen molar-refractivity contribution < 1.29 is 4.74 Å². The minimum Gasteiger partial charge on any atom is -0.379 e. The SMILES string of the molecule is C1=N[C@H](CCN2CCOCC2)CS1. The number of ether oxygens (including phenoxy) is 1. The van der Waals surface area contributed by atoms with Gasteiger partial charge in [-0.05, 0) is 6.42 Å². The normalized spacial score (nSPS) is 29.7. The van der Waals surface area contributed by atoms with E-state index >= 15 is 0 Å². The van der Waals surface area contributed by atoms with Gasteiger partial charge in [-0.1, -0.05) is 0 Å². The molecule has 0 aromatic carbocycles. The van der Waals surface area contributed by atoms with Crippen LogP contribution < -0.4 is 0 Å². The summed E-state index contributed by atoms with van der Waals surface area (Å²) >= 11 is 1.83. The molecule has 4 heteroatoms. The number of morpholine rings is 1. The number of hydrogen-bond acceptors (Lipinski definition) is 4. The van der Waals surface area contributed by atoms with Crippen molar-refractivity contribution in [3.8, 4) is 0 Å². The average Bonchev–Trinajstić information content (AvgIpc) is 2.69. The Bertz CT molecular complexity index is 180. The lowest BCUT2D eigenvalue weighted by atomic mass is 10.2. The summed E-state index contributed by atoms with van der Waals surface area (Å²) in [7, 11) is 0. The van der Waals surface area contributed by atoms with Gasteiger partial charge in [0.05, 0.1) is 24.8 Å². The molecule has 74 valence electrons. The van der Waals surface area contributed by atoms with Crippen LogP contribution in [-0.2, 0) is 4.74 Å². The second kappa shape index (κ2) is 4.98. The molecule has 1 fully saturated rings. The van der Waals surface area contributed by atoms with E-state index in [-0.39, 0.29) is 0 Å². The maximum absolute atomic E-state index is 5.30. The van der Waals surface area contributed by atoms with Gasteiger partial charge in [-0.15, -0.1) is 11.8 Å². The van der Waals surface area contributed by atoms with Gasteiger partial charge in [0.2, 0.25) is 0 Å². The highest BCUT2D eigenvalue weighted by Crippen LogP contribution is 2.14. The van der Waals surface area contributed by atoms with Crippen LogP contribution in [0.25, 0.3) is 0 Å². The molecule has 0 unspecified atom stereocenters. The summed E-state index contributed by atoms with van der Waals surface area (Å²) in [6.45, 7) is 5.20. The smallest absolute Gasteiger partial charge is 0.0612 e. The van der Waals surface area contributed by atoms with E-state index in [1.54, 1.807) is 0 Å². The van der Waals surface area contributed by atoms with E-state index in [1.807, 2.05) is 17.3 Å². The first kappa shape index (κ1) is 9.49. The maximum atomic E-state index is 5.30. The van der Waals surface area contributed by atoms with Gasteiger partial charge in [-0.2, -0.15) is 0 Å². The lowest BCUT2D eigenvalue weighted by Gasteiger charge is -2.26. The first-order valence-corrected chi connectivity index (χ1v) is 5.93. The van der Waals surface area contributed by atoms with E-state index < -0.39 is 0 Å². The molecule has 0 saturated carbocycles. The summed E-state index contributed by atoms with van der Waals surface area (Å²) in [5, 5.41) is 0. The van der Waals surface area contributed by atoms with Gasteiger partial charge in [0, 0.05) is 25.4 Å². The molecule has 0 aliphatic carbocycles. The highest BCUT2D eigenvalue weighted by atomic mass is 32.2. The predicted octanol–water partition coefficient (Wildman–Crippen LogP) is 0.852. The highest BCUT2D eigenvalue weighted by molar-refractivity contribution is 8.12. The van der Waals surface area contributed by atoms with Gasteiger partial charge in [-0.25, -0.2) is 0 Å². The molecule has 2 aliphatic heterocycles. The molecule has 0 bridgehead atoms. The van der Waals surface area contributed by atoms with E-state index in [0.29, 0.717) is 6.04 Å². The Morgan fingerprint density at radius 2 is 2.31 bits per heavy atom. The molecule has 0 spiro atoms. The van der Waals surface area contributed by atoms with E-state index in [2.05, 4.69) is 9.89 Å². The first-order chi connectivity index (χ1) is 6.45. The fourth-order valence-corrected chi connectivity index (χ4v) is 2.46. The third-order valence-corrected chi connectivity index (χ3v) is 3.37. The van der Waals surface area contributed by atoms with E-state index in [0.717, 1.165) is 26.3 Å². The topological polar surface area (TPSA) is 24.8 Å². The van der Waals surface area contributed by atoms with Crippen molar-refractivity contribution in [2.24, 2.45) is 4.99 Å². The fraction of sp³-hybridized carbons (Fsp3) is 0.889. The molecule has 2 aliphatic rings. The van der Waals surface area contributed by atoms with Gasteiger partial charge >= 0.3 is 0 Å². The summed E-state index contributed by atoms with van der Waals surface area (Å²) in [6, 6.07) is 0.577. The highest BCUT2D eigenvalue weighted by Gasteiger charge is 2.14. The second-order valence-electron chi connectivity index (χ2n) is 3.48. The summed E-state index contributed by atoms with van der Waals surface area (Å²) < 4.78 is 5.30. The predicted molar refractivity (Wildman–Crippen MR) is 56.6 cm³/mol. The van der Waals surface area contributed by atoms with Crippen molar-refractivity contribution in [1.82, 2.24) is 4.90 Å². The van der Waals surface area contributed by atoms with Crippen molar-refractivity contribution in [3.63, 3.8) is 0 Å². The van der Waals surface area contributed by atoms with Crippen LogP contribution in [0, 0.1) is 0 Å². The molecule has 13 heavy (non-hydrogen) atoms. The monoisotopic (exact) mass is 200 g/mol. The zero-order valence-electron chi connectivity index (χ0n) is 7.82. The molecule has 0 aromatic rings. The van der Waals surface area contributed by atoms with Crippen molar-refractivity contribution in [2.45, 2.75) is 12.5 Å². The summed E-state index contributed by atoms with van der Waals surface area (Å²) in [4.78, 5) is 6.87. The van der Waals surface area contributed by atoms with Gasteiger partial charge in [0.25, 0.3) is 0 Å². The van der Waals surface area contributed by atoms with Crippen LogP contribution in [0.1, 0.15) is 6.42 Å². The summed E-state index contributed by atoms with van der Waals surface area (Å²) in [5.74, 6) is 1.18. The Morgan fingerprint density at radius 1 is 1.46 bits per heavy atom. The standard InChI is InChI=1S/C9H16N2OS/c1(9-7-13-8-10-9)2-11-3-5-12-6-4-11/h8-9H,1-7H2/t9-/m1/s1. The molecule has 0 N–H and O–H groups in total.